The highest BCUT2D eigenvalue weighted by Gasteiger charge is 2.12. The Hall–Kier alpha value is -2.36. The normalized spacial score (nSPS) is 11.2. The lowest BCUT2D eigenvalue weighted by Crippen LogP contribution is -1.97. The predicted molar refractivity (Wildman–Crippen MR) is 86.0 cm³/mol. The Balaban J connectivity index is 1.84. The molecule has 0 aliphatic carbocycles. The molecule has 4 rings (SSSR count). The summed E-state index contributed by atoms with van der Waals surface area (Å²) in [4.78, 5) is 8.21. The first-order valence-electron chi connectivity index (χ1n) is 6.37. The molecule has 4 heterocycles. The van der Waals surface area contributed by atoms with Crippen LogP contribution in [0.2, 0.25) is 0 Å². The minimum absolute atomic E-state index is 0.380. The summed E-state index contributed by atoms with van der Waals surface area (Å²) in [6, 6.07) is 3.49. The van der Waals surface area contributed by atoms with E-state index in [9.17, 15) is 4.39 Å². The lowest BCUT2D eigenvalue weighted by Gasteiger charge is -1.99. The molecular formula is C14H8FIN6. The van der Waals surface area contributed by atoms with Gasteiger partial charge in [0.1, 0.15) is 15.2 Å². The van der Waals surface area contributed by atoms with E-state index in [1.807, 2.05) is 12.3 Å². The predicted octanol–water partition coefficient (Wildman–Crippen LogP) is 2.72. The lowest BCUT2D eigenvalue weighted by molar-refractivity contribution is 0.625. The van der Waals surface area contributed by atoms with Crippen LogP contribution in [0.25, 0.3) is 22.5 Å². The van der Waals surface area contributed by atoms with Crippen LogP contribution in [0.1, 0.15) is 0 Å². The van der Waals surface area contributed by atoms with Crippen LogP contribution in [0.3, 0.4) is 0 Å². The minimum atomic E-state index is -0.380. The summed E-state index contributed by atoms with van der Waals surface area (Å²) in [5.41, 5.74) is 2.56. The maximum Gasteiger partial charge on any atom is 0.182 e. The van der Waals surface area contributed by atoms with Crippen LogP contribution in [0, 0.1) is 9.52 Å². The molecule has 0 bridgehead atoms. The molecular weight excluding hydrogens is 398 g/mol. The number of aromatic nitrogens is 6. The number of hydrogen-bond donors (Lipinski definition) is 0. The quantitative estimate of drug-likeness (QED) is 0.380. The van der Waals surface area contributed by atoms with Gasteiger partial charge in [0.15, 0.2) is 5.65 Å². The minimum Gasteiger partial charge on any atom is -0.262 e. The van der Waals surface area contributed by atoms with E-state index in [0.717, 1.165) is 9.39 Å². The van der Waals surface area contributed by atoms with Gasteiger partial charge in [-0.2, -0.15) is 10.2 Å². The molecule has 108 valence electrons. The number of rotatable bonds is 2. The summed E-state index contributed by atoms with van der Waals surface area (Å²) >= 11 is 2.14. The second kappa shape index (κ2) is 5.13. The summed E-state index contributed by atoms with van der Waals surface area (Å²) in [6.45, 7) is 0. The van der Waals surface area contributed by atoms with E-state index in [0.29, 0.717) is 16.8 Å². The third-order valence-electron chi connectivity index (χ3n) is 3.23. The zero-order chi connectivity index (χ0) is 15.1. The fourth-order valence-electron chi connectivity index (χ4n) is 2.20. The topological polar surface area (TPSA) is 60.9 Å². The van der Waals surface area contributed by atoms with Gasteiger partial charge >= 0.3 is 0 Å². The third-order valence-corrected chi connectivity index (χ3v) is 3.83. The van der Waals surface area contributed by atoms with E-state index in [1.165, 1.54) is 6.20 Å². The zero-order valence-corrected chi connectivity index (χ0v) is 13.2. The highest BCUT2D eigenvalue weighted by atomic mass is 127. The van der Waals surface area contributed by atoms with Gasteiger partial charge in [0.25, 0.3) is 0 Å². The maximum atomic E-state index is 13.8. The van der Waals surface area contributed by atoms with Crippen LogP contribution in [0.15, 0.2) is 49.3 Å². The summed E-state index contributed by atoms with van der Waals surface area (Å²) in [6.07, 6.45) is 9.60. The second-order valence-corrected chi connectivity index (χ2v) is 5.68. The summed E-state index contributed by atoms with van der Waals surface area (Å²) in [5, 5.41) is 8.53. The molecule has 0 saturated heterocycles. The third kappa shape index (κ3) is 2.15. The Bertz CT molecular complexity index is 976. The van der Waals surface area contributed by atoms with Crippen molar-refractivity contribution in [1.29, 1.82) is 0 Å². The monoisotopic (exact) mass is 406 g/mol. The van der Waals surface area contributed by atoms with E-state index >= 15 is 0 Å². The van der Waals surface area contributed by atoms with Gasteiger partial charge < -0.3 is 0 Å². The largest absolute Gasteiger partial charge is 0.262 e. The van der Waals surface area contributed by atoms with Gasteiger partial charge in [-0.1, -0.05) is 0 Å². The smallest absolute Gasteiger partial charge is 0.182 e. The maximum absolute atomic E-state index is 13.8. The van der Waals surface area contributed by atoms with Crippen molar-refractivity contribution in [3.05, 3.63) is 58.8 Å². The second-order valence-electron chi connectivity index (χ2n) is 4.58. The number of fused-ring (bicyclic) bond motifs is 1. The fraction of sp³-hybridized carbons (Fsp3) is 0. The van der Waals surface area contributed by atoms with Gasteiger partial charge in [0, 0.05) is 29.7 Å². The lowest BCUT2D eigenvalue weighted by atomic mass is 10.1. The molecule has 0 aliphatic rings. The Morgan fingerprint density at radius 2 is 2.00 bits per heavy atom. The van der Waals surface area contributed by atoms with Crippen molar-refractivity contribution in [2.75, 3.05) is 0 Å². The molecule has 0 aliphatic heterocycles. The van der Waals surface area contributed by atoms with Crippen molar-refractivity contribution in [1.82, 2.24) is 29.4 Å². The summed E-state index contributed by atoms with van der Waals surface area (Å²) in [5.74, 6) is -0.380. The SMILES string of the molecule is Fc1cnccc1-c1cnn(-c2cnn3ccc(I)nc23)c1. The van der Waals surface area contributed by atoms with E-state index in [2.05, 4.69) is 42.8 Å². The molecule has 4 aromatic heterocycles. The molecule has 0 amide bonds. The molecule has 0 atom stereocenters. The van der Waals surface area contributed by atoms with Crippen LogP contribution >= 0.6 is 22.6 Å². The Morgan fingerprint density at radius 3 is 2.86 bits per heavy atom. The van der Waals surface area contributed by atoms with E-state index in [1.54, 1.807) is 40.1 Å². The molecule has 6 nitrogen and oxygen atoms in total. The summed E-state index contributed by atoms with van der Waals surface area (Å²) in [7, 11) is 0. The molecule has 0 spiro atoms. The first-order chi connectivity index (χ1) is 10.7. The Morgan fingerprint density at radius 1 is 1.09 bits per heavy atom. The number of pyridine rings is 1. The van der Waals surface area contributed by atoms with Crippen molar-refractivity contribution in [3.8, 4) is 16.8 Å². The van der Waals surface area contributed by atoms with Crippen LogP contribution in [-0.2, 0) is 0 Å². The van der Waals surface area contributed by atoms with E-state index < -0.39 is 0 Å². The van der Waals surface area contributed by atoms with E-state index in [4.69, 9.17) is 0 Å². The molecule has 0 radical (unpaired) electrons. The molecule has 0 N–H and O–H groups in total. The molecule has 22 heavy (non-hydrogen) atoms. The van der Waals surface area contributed by atoms with Crippen molar-refractivity contribution in [2.45, 2.75) is 0 Å². The van der Waals surface area contributed by atoms with Crippen molar-refractivity contribution >= 4 is 28.2 Å². The molecule has 8 heteroatoms. The highest BCUT2D eigenvalue weighted by Crippen LogP contribution is 2.23. The van der Waals surface area contributed by atoms with Crippen LogP contribution in [0.5, 0.6) is 0 Å². The zero-order valence-electron chi connectivity index (χ0n) is 11.1. The van der Waals surface area contributed by atoms with Gasteiger partial charge in [-0.05, 0) is 34.7 Å². The standard InChI is InChI=1S/C14H8FIN6/c15-11-6-17-3-1-10(11)9-5-18-22(8-9)12-7-19-21-4-2-13(16)20-14(12)21/h1-8H. The van der Waals surface area contributed by atoms with Crippen molar-refractivity contribution < 1.29 is 4.39 Å². The fourth-order valence-corrected chi connectivity index (χ4v) is 2.59. The van der Waals surface area contributed by atoms with E-state index in [-0.39, 0.29) is 5.82 Å². The first-order valence-corrected chi connectivity index (χ1v) is 7.45. The van der Waals surface area contributed by atoms with Crippen LogP contribution in [0.4, 0.5) is 4.39 Å². The van der Waals surface area contributed by atoms with Crippen molar-refractivity contribution in [3.63, 3.8) is 0 Å². The molecule has 0 aromatic carbocycles. The highest BCUT2D eigenvalue weighted by molar-refractivity contribution is 14.1. The molecule has 0 unspecified atom stereocenters. The number of hydrogen-bond acceptors (Lipinski definition) is 4. The van der Waals surface area contributed by atoms with Crippen LogP contribution in [-0.4, -0.2) is 29.4 Å². The Kier molecular flexibility index (Phi) is 3.10. The average Bonchev–Trinajstić information content (AvgIpc) is 3.13. The molecule has 4 aromatic rings. The average molecular weight is 406 g/mol. The summed E-state index contributed by atoms with van der Waals surface area (Å²) < 4.78 is 18.0. The van der Waals surface area contributed by atoms with Crippen LogP contribution < -0.4 is 0 Å². The Labute approximate surface area is 137 Å². The van der Waals surface area contributed by atoms with Crippen molar-refractivity contribution in [2.24, 2.45) is 0 Å². The molecule has 0 fully saturated rings. The molecule has 0 saturated carbocycles. The number of nitrogens with zero attached hydrogens (tertiary/aromatic N) is 6. The van der Waals surface area contributed by atoms with Gasteiger partial charge in [0.2, 0.25) is 0 Å². The number of halogens is 2. The van der Waals surface area contributed by atoms with Gasteiger partial charge in [-0.15, -0.1) is 0 Å². The van der Waals surface area contributed by atoms with Gasteiger partial charge in [-0.25, -0.2) is 18.6 Å². The first kappa shape index (κ1) is 13.3. The van der Waals surface area contributed by atoms with Gasteiger partial charge in [0.05, 0.1) is 18.6 Å². The van der Waals surface area contributed by atoms with Gasteiger partial charge in [-0.3, -0.25) is 4.98 Å².